The SMILES string of the molecule is CCN(CC)CCCNC(=O)c1ccoc1Cl. The molecule has 0 aliphatic carbocycles. The average molecular weight is 259 g/mol. The number of hydrogen-bond donors (Lipinski definition) is 1. The lowest BCUT2D eigenvalue weighted by molar-refractivity contribution is 0.0951. The lowest BCUT2D eigenvalue weighted by Gasteiger charge is -2.17. The number of hydrogen-bond acceptors (Lipinski definition) is 3. The number of nitrogens with one attached hydrogen (secondary N) is 1. The molecule has 0 radical (unpaired) electrons. The van der Waals surface area contributed by atoms with Gasteiger partial charge in [-0.25, -0.2) is 0 Å². The van der Waals surface area contributed by atoms with Crippen LogP contribution in [0.2, 0.25) is 5.22 Å². The third kappa shape index (κ3) is 4.40. The number of rotatable bonds is 7. The monoisotopic (exact) mass is 258 g/mol. The molecule has 1 aromatic heterocycles. The van der Waals surface area contributed by atoms with Crippen LogP contribution in [0, 0.1) is 0 Å². The second kappa shape index (κ2) is 7.35. The van der Waals surface area contributed by atoms with Crippen LogP contribution in [-0.4, -0.2) is 37.0 Å². The van der Waals surface area contributed by atoms with Crippen LogP contribution in [-0.2, 0) is 0 Å². The molecule has 96 valence electrons. The van der Waals surface area contributed by atoms with Crippen molar-refractivity contribution < 1.29 is 9.21 Å². The van der Waals surface area contributed by atoms with E-state index in [4.69, 9.17) is 16.0 Å². The van der Waals surface area contributed by atoms with E-state index in [0.29, 0.717) is 12.1 Å². The molecular weight excluding hydrogens is 240 g/mol. The van der Waals surface area contributed by atoms with Crippen LogP contribution < -0.4 is 5.32 Å². The van der Waals surface area contributed by atoms with Crippen LogP contribution in [0.25, 0.3) is 0 Å². The van der Waals surface area contributed by atoms with Gasteiger partial charge >= 0.3 is 0 Å². The van der Waals surface area contributed by atoms with Crippen molar-refractivity contribution >= 4 is 17.5 Å². The van der Waals surface area contributed by atoms with E-state index in [1.807, 2.05) is 0 Å². The first kappa shape index (κ1) is 14.1. The molecule has 0 aromatic carbocycles. The fraction of sp³-hybridized carbons (Fsp3) is 0.583. The van der Waals surface area contributed by atoms with Gasteiger partial charge in [0.2, 0.25) is 5.22 Å². The summed E-state index contributed by atoms with van der Waals surface area (Å²) in [6.45, 7) is 7.99. The molecule has 1 heterocycles. The molecule has 1 rings (SSSR count). The molecule has 0 fully saturated rings. The minimum absolute atomic E-state index is 0.145. The molecule has 5 heteroatoms. The van der Waals surface area contributed by atoms with Gasteiger partial charge in [-0.3, -0.25) is 4.79 Å². The highest BCUT2D eigenvalue weighted by molar-refractivity contribution is 6.32. The fourth-order valence-electron chi connectivity index (χ4n) is 1.60. The Morgan fingerprint density at radius 3 is 2.71 bits per heavy atom. The molecule has 0 bridgehead atoms. The van der Waals surface area contributed by atoms with E-state index in [1.165, 1.54) is 6.26 Å². The van der Waals surface area contributed by atoms with Gasteiger partial charge in [0, 0.05) is 6.54 Å². The summed E-state index contributed by atoms with van der Waals surface area (Å²) in [4.78, 5) is 14.0. The van der Waals surface area contributed by atoms with E-state index >= 15 is 0 Å². The zero-order valence-corrected chi connectivity index (χ0v) is 11.1. The Morgan fingerprint density at radius 2 is 2.18 bits per heavy atom. The fourth-order valence-corrected chi connectivity index (χ4v) is 1.80. The first-order valence-corrected chi connectivity index (χ1v) is 6.30. The molecular formula is C12H19ClN2O2. The highest BCUT2D eigenvalue weighted by Gasteiger charge is 2.11. The Hall–Kier alpha value is -1.00. The molecule has 0 saturated carbocycles. The number of nitrogens with zero attached hydrogens (tertiary/aromatic N) is 1. The lowest BCUT2D eigenvalue weighted by atomic mass is 10.3. The smallest absolute Gasteiger partial charge is 0.256 e. The second-order valence-corrected chi connectivity index (χ2v) is 4.09. The van der Waals surface area contributed by atoms with Crippen LogP contribution in [0.1, 0.15) is 30.6 Å². The lowest BCUT2D eigenvalue weighted by Crippen LogP contribution is -2.29. The molecule has 1 amide bonds. The van der Waals surface area contributed by atoms with Crippen LogP contribution in [0.4, 0.5) is 0 Å². The molecule has 0 aliphatic heterocycles. The summed E-state index contributed by atoms with van der Waals surface area (Å²) in [5.74, 6) is -0.178. The molecule has 0 saturated heterocycles. The number of carbonyl (C=O) groups is 1. The molecule has 1 N–H and O–H groups in total. The van der Waals surface area contributed by atoms with Gasteiger partial charge in [-0.15, -0.1) is 0 Å². The Labute approximate surface area is 107 Å². The van der Waals surface area contributed by atoms with Gasteiger partial charge in [0.15, 0.2) is 0 Å². The maximum atomic E-state index is 11.6. The molecule has 0 atom stereocenters. The van der Waals surface area contributed by atoms with Crippen LogP contribution in [0.3, 0.4) is 0 Å². The van der Waals surface area contributed by atoms with Gasteiger partial charge in [-0.05, 0) is 43.7 Å². The summed E-state index contributed by atoms with van der Waals surface area (Å²) in [5.41, 5.74) is 0.398. The number of carbonyl (C=O) groups excluding carboxylic acids is 1. The van der Waals surface area contributed by atoms with E-state index in [-0.39, 0.29) is 11.1 Å². The molecule has 4 nitrogen and oxygen atoms in total. The Bertz CT molecular complexity index is 348. The quantitative estimate of drug-likeness (QED) is 0.764. The predicted molar refractivity (Wildman–Crippen MR) is 68.5 cm³/mol. The average Bonchev–Trinajstić information content (AvgIpc) is 2.75. The van der Waals surface area contributed by atoms with Gasteiger partial charge in [0.1, 0.15) is 0 Å². The molecule has 0 unspecified atom stereocenters. The van der Waals surface area contributed by atoms with Crippen molar-refractivity contribution in [1.29, 1.82) is 0 Å². The highest BCUT2D eigenvalue weighted by Crippen LogP contribution is 2.15. The first-order valence-electron chi connectivity index (χ1n) is 5.92. The maximum Gasteiger partial charge on any atom is 0.256 e. The Morgan fingerprint density at radius 1 is 1.47 bits per heavy atom. The summed E-state index contributed by atoms with van der Waals surface area (Å²) in [6, 6.07) is 1.57. The normalized spacial score (nSPS) is 10.8. The van der Waals surface area contributed by atoms with Crippen molar-refractivity contribution in [3.63, 3.8) is 0 Å². The molecule has 0 spiro atoms. The molecule has 17 heavy (non-hydrogen) atoms. The van der Waals surface area contributed by atoms with Gasteiger partial charge in [-0.2, -0.15) is 0 Å². The van der Waals surface area contributed by atoms with E-state index in [1.54, 1.807) is 6.07 Å². The zero-order valence-electron chi connectivity index (χ0n) is 10.3. The second-order valence-electron chi connectivity index (χ2n) is 3.74. The predicted octanol–water partition coefficient (Wildman–Crippen LogP) is 2.39. The number of furan rings is 1. The van der Waals surface area contributed by atoms with Crippen molar-refractivity contribution in [3.05, 3.63) is 23.1 Å². The van der Waals surface area contributed by atoms with Crippen molar-refractivity contribution in [1.82, 2.24) is 10.2 Å². The molecule has 1 aromatic rings. The van der Waals surface area contributed by atoms with E-state index in [0.717, 1.165) is 26.1 Å². The minimum atomic E-state index is -0.178. The minimum Gasteiger partial charge on any atom is -0.452 e. The highest BCUT2D eigenvalue weighted by atomic mass is 35.5. The van der Waals surface area contributed by atoms with Crippen LogP contribution >= 0.6 is 11.6 Å². The summed E-state index contributed by atoms with van der Waals surface area (Å²) >= 11 is 5.71. The first-order chi connectivity index (χ1) is 8.19. The van der Waals surface area contributed by atoms with Crippen molar-refractivity contribution in [2.24, 2.45) is 0 Å². The van der Waals surface area contributed by atoms with E-state index in [2.05, 4.69) is 24.1 Å². The third-order valence-electron chi connectivity index (χ3n) is 2.69. The van der Waals surface area contributed by atoms with E-state index < -0.39 is 0 Å². The Balaban J connectivity index is 2.23. The van der Waals surface area contributed by atoms with Gasteiger partial charge < -0.3 is 14.6 Å². The molecule has 0 aliphatic rings. The zero-order chi connectivity index (χ0) is 12.7. The Kier molecular flexibility index (Phi) is 6.08. The van der Waals surface area contributed by atoms with Crippen molar-refractivity contribution in [2.75, 3.05) is 26.2 Å². The van der Waals surface area contributed by atoms with Crippen LogP contribution in [0.5, 0.6) is 0 Å². The third-order valence-corrected chi connectivity index (χ3v) is 2.99. The maximum absolute atomic E-state index is 11.6. The summed E-state index contributed by atoms with van der Waals surface area (Å²) < 4.78 is 4.86. The van der Waals surface area contributed by atoms with Gasteiger partial charge in [0.05, 0.1) is 11.8 Å². The largest absolute Gasteiger partial charge is 0.452 e. The standard InChI is InChI=1S/C12H19ClN2O2/c1-3-15(4-2)8-5-7-14-12(16)10-6-9-17-11(10)13/h6,9H,3-5,7-8H2,1-2H3,(H,14,16). The van der Waals surface area contributed by atoms with Crippen molar-refractivity contribution in [2.45, 2.75) is 20.3 Å². The topological polar surface area (TPSA) is 45.5 Å². The summed E-state index contributed by atoms with van der Waals surface area (Å²) in [6.07, 6.45) is 2.34. The van der Waals surface area contributed by atoms with E-state index in [9.17, 15) is 4.79 Å². The summed E-state index contributed by atoms with van der Waals surface area (Å²) in [5, 5.41) is 2.96. The number of amides is 1. The summed E-state index contributed by atoms with van der Waals surface area (Å²) in [7, 11) is 0. The van der Waals surface area contributed by atoms with Gasteiger partial charge in [0.25, 0.3) is 5.91 Å². The number of halogens is 1. The van der Waals surface area contributed by atoms with Crippen molar-refractivity contribution in [3.8, 4) is 0 Å². The van der Waals surface area contributed by atoms with Gasteiger partial charge in [-0.1, -0.05) is 13.8 Å². The van der Waals surface area contributed by atoms with Crippen LogP contribution in [0.15, 0.2) is 16.7 Å².